The number of carbonyl (C=O) groups is 2. The lowest BCUT2D eigenvalue weighted by Crippen LogP contribution is -2.44. The third-order valence-corrected chi connectivity index (χ3v) is 4.11. The molecule has 0 saturated heterocycles. The monoisotopic (exact) mass is 295 g/mol. The van der Waals surface area contributed by atoms with Crippen LogP contribution >= 0.6 is 0 Å². The fourth-order valence-electron chi connectivity index (χ4n) is 2.78. The van der Waals surface area contributed by atoms with Gasteiger partial charge in [-0.05, 0) is 25.8 Å². The maximum atomic E-state index is 12.4. The van der Waals surface area contributed by atoms with E-state index in [1.54, 1.807) is 0 Å². The molecule has 0 aromatic rings. The maximum absolute atomic E-state index is 12.4. The van der Waals surface area contributed by atoms with Crippen molar-refractivity contribution in [2.24, 2.45) is 0 Å². The number of nitro groups is 1. The van der Waals surface area contributed by atoms with Crippen LogP contribution in [0.3, 0.4) is 0 Å². The Morgan fingerprint density at radius 1 is 1.10 bits per heavy atom. The Bertz CT molecular complexity index is 417. The van der Waals surface area contributed by atoms with Crippen molar-refractivity contribution >= 4 is 11.6 Å². The molecular formula is C16H25NO4. The minimum atomic E-state index is -1.70. The molecule has 1 unspecified atom stereocenters. The molecule has 1 fully saturated rings. The van der Waals surface area contributed by atoms with E-state index in [9.17, 15) is 19.7 Å². The van der Waals surface area contributed by atoms with Crippen molar-refractivity contribution in [3.63, 3.8) is 0 Å². The molecule has 21 heavy (non-hydrogen) atoms. The second-order valence-corrected chi connectivity index (χ2v) is 5.88. The largest absolute Gasteiger partial charge is 0.297 e. The van der Waals surface area contributed by atoms with E-state index >= 15 is 0 Å². The van der Waals surface area contributed by atoms with E-state index in [-0.39, 0.29) is 24.4 Å². The number of ketones is 2. The zero-order valence-electron chi connectivity index (χ0n) is 12.8. The van der Waals surface area contributed by atoms with Gasteiger partial charge in [-0.2, -0.15) is 0 Å². The molecule has 1 rings (SSSR count). The summed E-state index contributed by atoms with van der Waals surface area (Å²) in [5.74, 6) is -0.624. The smallest absolute Gasteiger partial charge is 0.295 e. The van der Waals surface area contributed by atoms with Crippen LogP contribution in [0.1, 0.15) is 71.1 Å². The minimum Gasteiger partial charge on any atom is -0.295 e. The molecule has 1 aliphatic carbocycles. The lowest BCUT2D eigenvalue weighted by molar-refractivity contribution is -0.539. The molecule has 0 aromatic heterocycles. The van der Waals surface area contributed by atoms with Gasteiger partial charge in [0.25, 0.3) is 5.54 Å². The zero-order valence-corrected chi connectivity index (χ0v) is 12.8. The molecule has 1 saturated carbocycles. The van der Waals surface area contributed by atoms with E-state index in [2.05, 4.69) is 0 Å². The van der Waals surface area contributed by atoms with Gasteiger partial charge in [0.2, 0.25) is 5.78 Å². The summed E-state index contributed by atoms with van der Waals surface area (Å²) < 4.78 is 0. The van der Waals surface area contributed by atoms with Gasteiger partial charge in [-0.1, -0.05) is 38.5 Å². The lowest BCUT2D eigenvalue weighted by atomic mass is 9.84. The number of hydrogen-bond donors (Lipinski definition) is 0. The molecule has 1 atom stereocenters. The van der Waals surface area contributed by atoms with Crippen LogP contribution in [0.15, 0.2) is 12.2 Å². The van der Waals surface area contributed by atoms with Crippen molar-refractivity contribution in [3.05, 3.63) is 22.3 Å². The number of nitrogens with zero attached hydrogens (tertiary/aromatic N) is 1. The first-order chi connectivity index (χ1) is 9.99. The van der Waals surface area contributed by atoms with Gasteiger partial charge in [0.05, 0.1) is 0 Å². The van der Waals surface area contributed by atoms with E-state index in [0.717, 1.165) is 32.1 Å². The van der Waals surface area contributed by atoms with Crippen LogP contribution < -0.4 is 0 Å². The highest BCUT2D eigenvalue weighted by Crippen LogP contribution is 2.26. The van der Waals surface area contributed by atoms with Crippen LogP contribution in [0.25, 0.3) is 0 Å². The summed E-state index contributed by atoms with van der Waals surface area (Å²) in [4.78, 5) is 34.6. The summed E-state index contributed by atoms with van der Waals surface area (Å²) in [6.07, 6.45) is 10.5. The zero-order chi connectivity index (χ0) is 15.7. The van der Waals surface area contributed by atoms with E-state index in [1.807, 2.05) is 0 Å². The first kappa shape index (κ1) is 17.5. The molecule has 0 aromatic carbocycles. The summed E-state index contributed by atoms with van der Waals surface area (Å²) in [5.41, 5.74) is -1.70. The van der Waals surface area contributed by atoms with Crippen LogP contribution in [-0.2, 0) is 9.59 Å². The molecule has 5 nitrogen and oxygen atoms in total. The first-order valence-electron chi connectivity index (χ1n) is 7.86. The lowest BCUT2D eigenvalue weighted by Gasteiger charge is -2.21. The first-order valence-corrected chi connectivity index (χ1v) is 7.86. The van der Waals surface area contributed by atoms with Crippen LogP contribution in [0.4, 0.5) is 0 Å². The van der Waals surface area contributed by atoms with Gasteiger partial charge in [0, 0.05) is 23.8 Å². The molecule has 0 aliphatic heterocycles. The van der Waals surface area contributed by atoms with Crippen molar-refractivity contribution in [2.45, 2.75) is 76.7 Å². The molecule has 0 radical (unpaired) electrons. The van der Waals surface area contributed by atoms with Crippen LogP contribution in [0.5, 0.6) is 0 Å². The van der Waals surface area contributed by atoms with Gasteiger partial charge < -0.3 is 0 Å². The second kappa shape index (κ2) is 8.70. The van der Waals surface area contributed by atoms with Gasteiger partial charge in [-0.3, -0.25) is 19.7 Å². The summed E-state index contributed by atoms with van der Waals surface area (Å²) in [5, 5.41) is 11.5. The highest BCUT2D eigenvalue weighted by atomic mass is 16.6. The second-order valence-electron chi connectivity index (χ2n) is 5.88. The number of rotatable bonds is 3. The van der Waals surface area contributed by atoms with Crippen molar-refractivity contribution in [1.82, 2.24) is 0 Å². The molecule has 0 heterocycles. The quantitative estimate of drug-likeness (QED) is 0.452. The Labute approximate surface area is 125 Å². The highest BCUT2D eigenvalue weighted by Gasteiger charge is 2.46. The van der Waals surface area contributed by atoms with Crippen LogP contribution in [-0.4, -0.2) is 22.0 Å². The van der Waals surface area contributed by atoms with Gasteiger partial charge in [-0.15, -0.1) is 0 Å². The summed E-state index contributed by atoms with van der Waals surface area (Å²) in [6, 6.07) is 0. The Kier molecular flexibility index (Phi) is 7.26. The fraction of sp³-hybridized carbons (Fsp3) is 0.750. The fourth-order valence-corrected chi connectivity index (χ4v) is 2.78. The minimum absolute atomic E-state index is 0.197. The predicted octanol–water partition coefficient (Wildman–Crippen LogP) is 3.63. The van der Waals surface area contributed by atoms with Gasteiger partial charge in [0.15, 0.2) is 5.78 Å². The van der Waals surface area contributed by atoms with E-state index in [4.69, 9.17) is 0 Å². The van der Waals surface area contributed by atoms with Crippen molar-refractivity contribution in [2.75, 3.05) is 0 Å². The Balaban J connectivity index is 2.96. The van der Waals surface area contributed by atoms with Crippen LogP contribution in [0, 0.1) is 10.1 Å². The third-order valence-electron chi connectivity index (χ3n) is 4.11. The van der Waals surface area contributed by atoms with Crippen molar-refractivity contribution in [1.29, 1.82) is 0 Å². The third kappa shape index (κ3) is 5.40. The van der Waals surface area contributed by atoms with Crippen molar-refractivity contribution in [3.8, 4) is 0 Å². The van der Waals surface area contributed by atoms with Gasteiger partial charge >= 0.3 is 0 Å². The Morgan fingerprint density at radius 2 is 1.62 bits per heavy atom. The van der Waals surface area contributed by atoms with E-state index < -0.39 is 10.5 Å². The highest BCUT2D eigenvalue weighted by molar-refractivity contribution is 5.92. The molecule has 0 spiro atoms. The molecule has 1 aliphatic rings. The molecule has 5 heteroatoms. The average molecular weight is 295 g/mol. The van der Waals surface area contributed by atoms with Crippen LogP contribution in [0.2, 0.25) is 0 Å². The number of carbonyl (C=O) groups excluding carboxylic acids is 2. The number of Topliss-reactive ketones (excluding diaryl/α,β-unsaturated/α-hetero) is 1. The average Bonchev–Trinajstić information content (AvgIpc) is 2.41. The Hall–Kier alpha value is -1.52. The van der Waals surface area contributed by atoms with Gasteiger partial charge in [-0.25, -0.2) is 0 Å². The normalized spacial score (nSPS) is 26.0. The summed E-state index contributed by atoms with van der Waals surface area (Å²) in [7, 11) is 0. The summed E-state index contributed by atoms with van der Waals surface area (Å²) >= 11 is 0. The molecule has 118 valence electrons. The molecule has 0 N–H and O–H groups in total. The Morgan fingerprint density at radius 3 is 2.14 bits per heavy atom. The topological polar surface area (TPSA) is 77.3 Å². The molecule has 0 amide bonds. The van der Waals surface area contributed by atoms with E-state index in [1.165, 1.54) is 25.5 Å². The maximum Gasteiger partial charge on any atom is 0.297 e. The SMILES string of the molecule is CC(=O)/C=C/C1([N+](=O)[O-])CCCCCCCCCCC1=O. The summed E-state index contributed by atoms with van der Waals surface area (Å²) in [6.45, 7) is 1.34. The van der Waals surface area contributed by atoms with Gasteiger partial charge in [0.1, 0.15) is 0 Å². The predicted molar refractivity (Wildman–Crippen MR) is 80.7 cm³/mol. The number of allylic oxidation sites excluding steroid dienone is 1. The van der Waals surface area contributed by atoms with E-state index in [0.29, 0.717) is 12.8 Å². The standard InChI is InChI=1S/C16H25NO4/c1-14(18)11-13-16(17(20)21)12-9-7-5-3-2-4-6-8-10-15(16)19/h11,13H,2-10,12H2,1H3/b13-11+. The molecular weight excluding hydrogens is 270 g/mol. The molecule has 0 bridgehead atoms. The van der Waals surface area contributed by atoms with Crippen molar-refractivity contribution < 1.29 is 14.5 Å². The number of hydrogen-bond acceptors (Lipinski definition) is 4.